The molecular weight excluding hydrogens is 414 g/mol. The van der Waals surface area contributed by atoms with Gasteiger partial charge in [-0.2, -0.15) is 5.26 Å². The summed E-state index contributed by atoms with van der Waals surface area (Å²) in [6.45, 7) is 6.30. The number of anilines is 1. The highest BCUT2D eigenvalue weighted by Crippen LogP contribution is 2.57. The van der Waals surface area contributed by atoms with Crippen LogP contribution in [0.25, 0.3) is 0 Å². The molecule has 166 valence electrons. The highest BCUT2D eigenvalue weighted by Gasteiger charge is 2.62. The van der Waals surface area contributed by atoms with Gasteiger partial charge >= 0.3 is 0 Å². The summed E-state index contributed by atoms with van der Waals surface area (Å²) in [5, 5.41) is 10.1. The number of hydrogen-bond donors (Lipinski definition) is 1. The number of carbonyl (C=O) groups excluding carboxylic acids is 2. The van der Waals surface area contributed by atoms with Gasteiger partial charge in [0.1, 0.15) is 22.8 Å². The van der Waals surface area contributed by atoms with Crippen LogP contribution in [0.5, 0.6) is 0 Å². The minimum Gasteiger partial charge on any atom is -0.444 e. The van der Waals surface area contributed by atoms with Crippen LogP contribution in [-0.2, 0) is 26.3 Å². The SMILES string of the molecule is Cc1ccc(CN2C(=O)[C@@]3(C(C#N)=C(N)OC4=C3C(=O)CC(C)(C)C4)c3ccccc32)cc1. The molecular formula is C27H25N3O3. The summed E-state index contributed by atoms with van der Waals surface area (Å²) in [6, 6.07) is 17.4. The molecule has 1 atom stereocenters. The number of benzene rings is 2. The van der Waals surface area contributed by atoms with E-state index in [4.69, 9.17) is 10.5 Å². The Kier molecular flexibility index (Phi) is 4.51. The maximum absolute atomic E-state index is 14.3. The number of aryl methyl sites for hydroxylation is 1. The van der Waals surface area contributed by atoms with Crippen LogP contribution in [0.1, 0.15) is 43.4 Å². The Balaban J connectivity index is 1.76. The lowest BCUT2D eigenvalue weighted by Gasteiger charge is -2.41. The number of Topliss-reactive ketones (excluding diaryl/α,β-unsaturated/α-hetero) is 1. The molecule has 1 aliphatic carbocycles. The van der Waals surface area contributed by atoms with E-state index in [2.05, 4.69) is 6.07 Å². The molecule has 5 rings (SSSR count). The Hall–Kier alpha value is -3.85. The van der Waals surface area contributed by atoms with Crippen molar-refractivity contribution in [2.45, 2.75) is 45.6 Å². The lowest BCUT2D eigenvalue weighted by Crippen LogP contribution is -2.50. The van der Waals surface area contributed by atoms with E-state index in [1.807, 2.05) is 69.3 Å². The number of allylic oxidation sites excluding steroid dienone is 1. The van der Waals surface area contributed by atoms with Crippen LogP contribution in [0.3, 0.4) is 0 Å². The highest BCUT2D eigenvalue weighted by molar-refractivity contribution is 6.20. The van der Waals surface area contributed by atoms with E-state index < -0.39 is 5.41 Å². The summed E-state index contributed by atoms with van der Waals surface area (Å²) >= 11 is 0. The third kappa shape index (κ3) is 2.92. The number of ketones is 1. The van der Waals surface area contributed by atoms with Crippen LogP contribution in [0.4, 0.5) is 5.69 Å². The van der Waals surface area contributed by atoms with Gasteiger partial charge in [0, 0.05) is 24.1 Å². The number of fused-ring (bicyclic) bond motifs is 3. The number of amides is 1. The average Bonchev–Trinajstić information content (AvgIpc) is 2.98. The molecule has 0 fully saturated rings. The van der Waals surface area contributed by atoms with Crippen molar-refractivity contribution >= 4 is 17.4 Å². The van der Waals surface area contributed by atoms with Gasteiger partial charge in [-0.15, -0.1) is 0 Å². The van der Waals surface area contributed by atoms with E-state index in [0.717, 1.165) is 11.1 Å². The van der Waals surface area contributed by atoms with Crippen LogP contribution < -0.4 is 10.6 Å². The molecule has 6 heteroatoms. The molecule has 2 aliphatic heterocycles. The van der Waals surface area contributed by atoms with E-state index in [1.165, 1.54) is 0 Å². The largest absolute Gasteiger partial charge is 0.444 e. The normalized spacial score (nSPS) is 23.4. The predicted molar refractivity (Wildman–Crippen MR) is 123 cm³/mol. The topological polar surface area (TPSA) is 96.4 Å². The first-order chi connectivity index (χ1) is 15.7. The Morgan fingerprint density at radius 3 is 2.48 bits per heavy atom. The lowest BCUT2D eigenvalue weighted by atomic mass is 9.62. The molecule has 0 aromatic heterocycles. The number of para-hydroxylation sites is 1. The maximum Gasteiger partial charge on any atom is 0.248 e. The fourth-order valence-corrected chi connectivity index (χ4v) is 5.37. The van der Waals surface area contributed by atoms with Crippen LogP contribution in [-0.4, -0.2) is 11.7 Å². The van der Waals surface area contributed by atoms with Gasteiger partial charge in [0.2, 0.25) is 11.8 Å². The van der Waals surface area contributed by atoms with Crippen LogP contribution >= 0.6 is 0 Å². The summed E-state index contributed by atoms with van der Waals surface area (Å²) in [5.74, 6) is -0.232. The molecule has 2 aromatic rings. The van der Waals surface area contributed by atoms with Gasteiger partial charge in [0.05, 0.1) is 12.1 Å². The van der Waals surface area contributed by atoms with Crippen LogP contribution in [0.15, 0.2) is 71.3 Å². The van der Waals surface area contributed by atoms with E-state index >= 15 is 0 Å². The summed E-state index contributed by atoms with van der Waals surface area (Å²) in [5.41, 5.74) is 7.93. The molecule has 3 aliphatic rings. The number of rotatable bonds is 2. The lowest BCUT2D eigenvalue weighted by molar-refractivity contribution is -0.125. The van der Waals surface area contributed by atoms with E-state index in [-0.39, 0.29) is 40.6 Å². The molecule has 1 spiro atoms. The quantitative estimate of drug-likeness (QED) is 0.758. The minimum atomic E-state index is -1.58. The molecule has 1 amide bonds. The molecule has 6 nitrogen and oxygen atoms in total. The number of ether oxygens (including phenoxy) is 1. The van der Waals surface area contributed by atoms with E-state index in [9.17, 15) is 14.9 Å². The van der Waals surface area contributed by atoms with Crippen molar-refractivity contribution in [3.63, 3.8) is 0 Å². The molecule has 0 saturated carbocycles. The van der Waals surface area contributed by atoms with E-state index in [0.29, 0.717) is 30.0 Å². The van der Waals surface area contributed by atoms with Gasteiger partial charge in [-0.3, -0.25) is 9.59 Å². The molecule has 33 heavy (non-hydrogen) atoms. The van der Waals surface area contributed by atoms with Gasteiger partial charge < -0.3 is 15.4 Å². The first-order valence-corrected chi connectivity index (χ1v) is 11.0. The van der Waals surface area contributed by atoms with Crippen molar-refractivity contribution in [2.75, 3.05) is 4.90 Å². The van der Waals surface area contributed by atoms with E-state index in [1.54, 1.807) is 4.90 Å². The third-order valence-electron chi connectivity index (χ3n) is 6.80. The number of carbonyl (C=O) groups is 2. The summed E-state index contributed by atoms with van der Waals surface area (Å²) in [7, 11) is 0. The first-order valence-electron chi connectivity index (χ1n) is 11.0. The third-order valence-corrected chi connectivity index (χ3v) is 6.80. The van der Waals surface area contributed by atoms with Gasteiger partial charge in [-0.1, -0.05) is 61.9 Å². The molecule has 0 saturated heterocycles. The Labute approximate surface area is 192 Å². The molecule has 0 radical (unpaired) electrons. The average molecular weight is 440 g/mol. The van der Waals surface area contributed by atoms with Crippen LogP contribution in [0.2, 0.25) is 0 Å². The summed E-state index contributed by atoms with van der Waals surface area (Å²) < 4.78 is 5.84. The number of hydrogen-bond acceptors (Lipinski definition) is 5. The fourth-order valence-electron chi connectivity index (χ4n) is 5.37. The van der Waals surface area contributed by atoms with Crippen molar-refractivity contribution in [3.05, 3.63) is 88.0 Å². The summed E-state index contributed by atoms with van der Waals surface area (Å²) in [6.07, 6.45) is 0.728. The molecule has 0 bridgehead atoms. The molecule has 0 unspecified atom stereocenters. The zero-order valence-electron chi connectivity index (χ0n) is 18.9. The minimum absolute atomic E-state index is 0.0156. The van der Waals surface area contributed by atoms with Crippen molar-refractivity contribution in [1.29, 1.82) is 5.26 Å². The Morgan fingerprint density at radius 2 is 1.79 bits per heavy atom. The monoisotopic (exact) mass is 439 g/mol. The Morgan fingerprint density at radius 1 is 1.09 bits per heavy atom. The summed E-state index contributed by atoms with van der Waals surface area (Å²) in [4.78, 5) is 29.5. The predicted octanol–water partition coefficient (Wildman–Crippen LogP) is 4.15. The number of nitrogens with zero attached hydrogens (tertiary/aromatic N) is 2. The second-order valence-electron chi connectivity index (χ2n) is 9.84. The fraction of sp³-hybridized carbons (Fsp3) is 0.296. The molecule has 2 N–H and O–H groups in total. The van der Waals surface area contributed by atoms with Crippen LogP contribution in [0, 0.1) is 23.7 Å². The van der Waals surface area contributed by atoms with Crippen molar-refractivity contribution in [1.82, 2.24) is 0 Å². The standard InChI is InChI=1S/C27H25N3O3/c1-16-8-10-17(11-9-16)15-30-20-7-5-4-6-18(20)27(25(30)32)19(14-28)24(29)33-22-13-26(2,3)12-21(31)23(22)27/h4-11H,12-13,15,29H2,1-3H3/t27-/m1/s1. The maximum atomic E-state index is 14.3. The highest BCUT2D eigenvalue weighted by atomic mass is 16.5. The zero-order chi connectivity index (χ0) is 23.5. The van der Waals surface area contributed by atoms with Crippen molar-refractivity contribution in [2.24, 2.45) is 11.1 Å². The van der Waals surface area contributed by atoms with Gasteiger partial charge in [0.15, 0.2) is 5.78 Å². The number of nitriles is 1. The first kappa shape index (κ1) is 21.0. The van der Waals surface area contributed by atoms with Gasteiger partial charge in [-0.25, -0.2) is 0 Å². The van der Waals surface area contributed by atoms with Crippen molar-refractivity contribution in [3.8, 4) is 6.07 Å². The van der Waals surface area contributed by atoms with Gasteiger partial charge in [-0.05, 0) is 24.0 Å². The molecule has 2 aromatic carbocycles. The second-order valence-corrected chi connectivity index (χ2v) is 9.84. The number of nitrogens with two attached hydrogens (primary N) is 1. The van der Waals surface area contributed by atoms with Gasteiger partial charge in [0.25, 0.3) is 0 Å². The smallest absolute Gasteiger partial charge is 0.248 e. The van der Waals surface area contributed by atoms with Crippen molar-refractivity contribution < 1.29 is 14.3 Å². The second kappa shape index (κ2) is 7.08. The zero-order valence-corrected chi connectivity index (χ0v) is 18.9. The Bertz CT molecular complexity index is 1310. The molecule has 2 heterocycles.